The van der Waals surface area contributed by atoms with Gasteiger partial charge in [0, 0.05) is 18.7 Å². The molecule has 1 aromatic carbocycles. The summed E-state index contributed by atoms with van der Waals surface area (Å²) in [4.78, 5) is 30.1. The van der Waals surface area contributed by atoms with Crippen molar-refractivity contribution in [3.8, 4) is 5.75 Å². The second-order valence-corrected chi connectivity index (χ2v) is 8.69. The molecule has 4 aromatic rings. The molecular formula is C23H27BrN8O3. The van der Waals surface area contributed by atoms with Gasteiger partial charge in [0.25, 0.3) is 5.56 Å². The van der Waals surface area contributed by atoms with E-state index in [0.717, 1.165) is 19.3 Å². The molecule has 0 saturated carbocycles. The van der Waals surface area contributed by atoms with Crippen LogP contribution in [0.3, 0.4) is 0 Å². The maximum Gasteiger partial charge on any atom is 0.286 e. The van der Waals surface area contributed by atoms with Crippen LogP contribution < -0.4 is 16.2 Å². The van der Waals surface area contributed by atoms with Crippen molar-refractivity contribution in [2.75, 3.05) is 7.11 Å². The summed E-state index contributed by atoms with van der Waals surface area (Å²) in [7, 11) is 1.56. The molecule has 0 aliphatic heterocycles. The van der Waals surface area contributed by atoms with Gasteiger partial charge in [-0.15, -0.1) is 10.2 Å². The lowest BCUT2D eigenvalue weighted by molar-refractivity contribution is 0.319. The molecular weight excluding hydrogens is 516 g/mol. The molecule has 0 atom stereocenters. The largest absolute Gasteiger partial charge is 0.496 e. The van der Waals surface area contributed by atoms with E-state index in [1.807, 2.05) is 16.7 Å². The first kappa shape index (κ1) is 24.6. The normalized spacial score (nSPS) is 11.9. The van der Waals surface area contributed by atoms with Crippen molar-refractivity contribution in [2.24, 2.45) is 10.9 Å². The first-order valence-electron chi connectivity index (χ1n) is 11.3. The molecule has 3 aromatic heterocycles. The van der Waals surface area contributed by atoms with Crippen molar-refractivity contribution in [3.63, 3.8) is 0 Å². The number of methoxy groups -OCH3 is 1. The fourth-order valence-electron chi connectivity index (χ4n) is 3.89. The smallest absolute Gasteiger partial charge is 0.286 e. The van der Waals surface area contributed by atoms with Crippen LogP contribution in [0.4, 0.5) is 0 Å². The van der Waals surface area contributed by atoms with E-state index in [9.17, 15) is 4.79 Å². The molecule has 4 rings (SSSR count). The second kappa shape index (κ2) is 10.8. The minimum atomic E-state index is -0.256. The molecule has 35 heavy (non-hydrogen) atoms. The minimum absolute atomic E-state index is 0.181. The number of aromatic nitrogens is 6. The number of halogens is 1. The number of aryl methyl sites for hydroxylation is 2. The summed E-state index contributed by atoms with van der Waals surface area (Å²) in [6.45, 7) is 6.84. The number of hydrogen-bond donors (Lipinski definition) is 2. The quantitative estimate of drug-likeness (QED) is 0.103. The van der Waals surface area contributed by atoms with Crippen LogP contribution in [-0.4, -0.2) is 42.1 Å². The molecule has 0 aliphatic carbocycles. The Bertz CT molecular complexity index is 1450. The third-order valence-electron chi connectivity index (χ3n) is 5.61. The number of hydrogen-bond acceptors (Lipinski definition) is 8. The topological polar surface area (TPSA) is 138 Å². The van der Waals surface area contributed by atoms with Crippen LogP contribution in [0.25, 0.3) is 16.9 Å². The minimum Gasteiger partial charge on any atom is -0.496 e. The summed E-state index contributed by atoms with van der Waals surface area (Å²) in [5, 5.41) is 8.62. The Kier molecular flexibility index (Phi) is 7.61. The lowest BCUT2D eigenvalue weighted by Gasteiger charge is -2.10. The maximum absolute atomic E-state index is 13.3. The zero-order valence-corrected chi connectivity index (χ0v) is 21.2. The van der Waals surface area contributed by atoms with Crippen molar-refractivity contribution < 1.29 is 9.57 Å². The predicted molar refractivity (Wildman–Crippen MR) is 136 cm³/mol. The number of nitrogens with two attached hydrogens (primary N) is 1. The number of aliphatic imine (C=N–C) groups is 1. The highest BCUT2D eigenvalue weighted by Gasteiger charge is 2.19. The molecule has 0 bridgehead atoms. The monoisotopic (exact) mass is 542 g/mol. The zero-order chi connectivity index (χ0) is 24.9. The van der Waals surface area contributed by atoms with Crippen LogP contribution in [0.5, 0.6) is 5.75 Å². The van der Waals surface area contributed by atoms with Gasteiger partial charge in [-0.25, -0.2) is 14.4 Å². The Morgan fingerprint density at radius 2 is 2.09 bits per heavy atom. The molecule has 0 saturated heterocycles. The van der Waals surface area contributed by atoms with E-state index in [4.69, 9.17) is 15.5 Å². The maximum atomic E-state index is 13.3. The van der Waals surface area contributed by atoms with E-state index in [-0.39, 0.29) is 11.5 Å². The van der Waals surface area contributed by atoms with Crippen molar-refractivity contribution >= 4 is 38.8 Å². The number of allylic oxidation sites excluding steroid dienone is 1. The average molecular weight is 543 g/mol. The van der Waals surface area contributed by atoms with Gasteiger partial charge in [-0.05, 0) is 40.9 Å². The molecule has 3 N–H and O–H groups in total. The third kappa shape index (κ3) is 4.98. The van der Waals surface area contributed by atoms with Gasteiger partial charge in [0.05, 0.1) is 12.7 Å². The lowest BCUT2D eigenvalue weighted by atomic mass is 10.2. The molecule has 11 nitrogen and oxygen atoms in total. The number of rotatable bonds is 10. The summed E-state index contributed by atoms with van der Waals surface area (Å²) < 4.78 is 9.30. The number of para-hydroxylation sites is 1. The van der Waals surface area contributed by atoms with E-state index in [1.54, 1.807) is 19.2 Å². The SMILES string of the molecule is C=C(CCc1nnc2n(CCCCC)c3nc(Br)[nH]c3c(=O)n12)N=C(ON)c1ccccc1OC. The Morgan fingerprint density at radius 3 is 2.83 bits per heavy atom. The Morgan fingerprint density at radius 1 is 1.29 bits per heavy atom. The fourth-order valence-corrected chi connectivity index (χ4v) is 4.26. The number of aromatic amines is 1. The Hall–Kier alpha value is -3.51. The Balaban J connectivity index is 1.64. The number of H-pyrrole nitrogens is 1. The first-order chi connectivity index (χ1) is 17.0. The lowest BCUT2D eigenvalue weighted by Crippen LogP contribution is -2.21. The van der Waals surface area contributed by atoms with Crippen LogP contribution in [0.2, 0.25) is 0 Å². The molecule has 184 valence electrons. The molecule has 0 aliphatic rings. The van der Waals surface area contributed by atoms with Gasteiger partial charge in [-0.3, -0.25) is 9.36 Å². The number of imidazole rings is 1. The van der Waals surface area contributed by atoms with Gasteiger partial charge in [0.2, 0.25) is 11.7 Å². The van der Waals surface area contributed by atoms with Gasteiger partial charge in [-0.2, -0.15) is 5.90 Å². The highest BCUT2D eigenvalue weighted by molar-refractivity contribution is 9.10. The third-order valence-corrected chi connectivity index (χ3v) is 5.99. The summed E-state index contributed by atoms with van der Waals surface area (Å²) >= 11 is 3.34. The van der Waals surface area contributed by atoms with Crippen LogP contribution >= 0.6 is 15.9 Å². The fraction of sp³-hybridized carbons (Fsp3) is 0.348. The first-order valence-corrected chi connectivity index (χ1v) is 12.1. The van der Waals surface area contributed by atoms with E-state index < -0.39 is 0 Å². The molecule has 0 spiro atoms. The van der Waals surface area contributed by atoms with E-state index in [2.05, 4.69) is 54.6 Å². The second-order valence-electron chi connectivity index (χ2n) is 7.94. The van der Waals surface area contributed by atoms with Crippen molar-refractivity contribution in [1.82, 2.24) is 29.1 Å². The summed E-state index contributed by atoms with van der Waals surface area (Å²) in [5.74, 6) is 7.19. The van der Waals surface area contributed by atoms with Crippen LogP contribution in [0, 0.1) is 0 Å². The molecule has 0 unspecified atom stereocenters. The molecule has 0 amide bonds. The van der Waals surface area contributed by atoms with Gasteiger partial charge < -0.3 is 14.6 Å². The summed E-state index contributed by atoms with van der Waals surface area (Å²) in [6, 6.07) is 7.25. The number of nitrogens with zero attached hydrogens (tertiary/aromatic N) is 6. The number of benzene rings is 1. The number of ether oxygens (including phenoxy) is 1. The molecule has 12 heteroatoms. The van der Waals surface area contributed by atoms with Crippen molar-refractivity contribution in [1.29, 1.82) is 0 Å². The van der Waals surface area contributed by atoms with Crippen molar-refractivity contribution in [2.45, 2.75) is 45.6 Å². The van der Waals surface area contributed by atoms with Crippen LogP contribution in [-0.2, 0) is 17.8 Å². The van der Waals surface area contributed by atoms with Gasteiger partial charge in [0.15, 0.2) is 15.9 Å². The standard InChI is InChI=1S/C23H27BrN8O3/c1-4-5-8-13-31-19-18(27-22(24)28-19)21(33)32-17(29-30-23(31)32)12-11-14(2)26-20(35-25)15-9-6-7-10-16(15)34-3/h6-7,9-10H,2,4-5,8,11-13,25H2,1,3H3,(H,27,28). The molecule has 3 heterocycles. The highest BCUT2D eigenvalue weighted by Crippen LogP contribution is 2.21. The van der Waals surface area contributed by atoms with Crippen LogP contribution in [0.15, 0.2) is 51.1 Å². The summed E-state index contributed by atoms with van der Waals surface area (Å²) in [5.41, 5.74) is 1.80. The van der Waals surface area contributed by atoms with E-state index in [0.29, 0.717) is 63.9 Å². The van der Waals surface area contributed by atoms with E-state index in [1.165, 1.54) is 4.40 Å². The van der Waals surface area contributed by atoms with Crippen molar-refractivity contribution in [3.05, 3.63) is 63.0 Å². The van der Waals surface area contributed by atoms with Crippen LogP contribution in [0.1, 0.15) is 44.0 Å². The van der Waals surface area contributed by atoms with Gasteiger partial charge in [-0.1, -0.05) is 38.5 Å². The predicted octanol–water partition coefficient (Wildman–Crippen LogP) is 3.51. The van der Waals surface area contributed by atoms with E-state index >= 15 is 0 Å². The number of unbranched alkanes of at least 4 members (excludes halogenated alkanes) is 2. The zero-order valence-electron chi connectivity index (χ0n) is 19.6. The molecule has 0 radical (unpaired) electrons. The Labute approximate surface area is 209 Å². The number of fused-ring (bicyclic) bond motifs is 2. The summed E-state index contributed by atoms with van der Waals surface area (Å²) in [6.07, 6.45) is 3.87. The van der Waals surface area contributed by atoms with Gasteiger partial charge in [0.1, 0.15) is 11.6 Å². The number of nitrogens with one attached hydrogen (secondary N) is 1. The highest BCUT2D eigenvalue weighted by atomic mass is 79.9. The van der Waals surface area contributed by atoms with Gasteiger partial charge >= 0.3 is 0 Å². The molecule has 0 fully saturated rings. The average Bonchev–Trinajstić information content (AvgIpc) is 3.47.